The normalized spacial score (nSPS) is 10.8. The molecule has 24 heavy (non-hydrogen) atoms. The highest BCUT2D eigenvalue weighted by Gasteiger charge is 2.13. The summed E-state index contributed by atoms with van der Waals surface area (Å²) in [6, 6.07) is 11.2. The van der Waals surface area contributed by atoms with Crippen molar-refractivity contribution in [1.82, 2.24) is 20.0 Å². The van der Waals surface area contributed by atoms with Crippen LogP contribution in [0.4, 0.5) is 0 Å². The molecule has 0 spiro atoms. The standard InChI is InChI=1S/C18H20N4O2/c1-13-15(20-12-22(13)2)9-6-10-19-18(23)16-11-17(24-21-16)14-7-4-3-5-8-14/h3-5,7-8,11-12H,6,9-10H2,1-2H3,(H,19,23). The summed E-state index contributed by atoms with van der Waals surface area (Å²) < 4.78 is 7.24. The lowest BCUT2D eigenvalue weighted by Crippen LogP contribution is -2.25. The molecule has 0 aliphatic heterocycles. The maximum atomic E-state index is 12.1. The molecular formula is C18H20N4O2. The number of imidazole rings is 1. The Hall–Kier alpha value is -2.89. The molecule has 0 aliphatic rings. The van der Waals surface area contributed by atoms with E-state index in [1.807, 2.05) is 55.2 Å². The molecule has 0 radical (unpaired) electrons. The van der Waals surface area contributed by atoms with Gasteiger partial charge in [0.05, 0.1) is 12.0 Å². The van der Waals surface area contributed by atoms with Gasteiger partial charge in [-0.05, 0) is 19.8 Å². The zero-order valence-corrected chi connectivity index (χ0v) is 13.8. The monoisotopic (exact) mass is 324 g/mol. The van der Waals surface area contributed by atoms with Gasteiger partial charge >= 0.3 is 0 Å². The average molecular weight is 324 g/mol. The molecule has 0 saturated heterocycles. The first kappa shape index (κ1) is 16.0. The summed E-state index contributed by atoms with van der Waals surface area (Å²) in [6.07, 6.45) is 3.47. The van der Waals surface area contributed by atoms with Crippen LogP contribution in [0.2, 0.25) is 0 Å². The lowest BCUT2D eigenvalue weighted by atomic mass is 10.1. The van der Waals surface area contributed by atoms with Gasteiger partial charge in [0.25, 0.3) is 5.91 Å². The Morgan fingerprint density at radius 1 is 1.29 bits per heavy atom. The van der Waals surface area contributed by atoms with E-state index in [-0.39, 0.29) is 5.91 Å². The van der Waals surface area contributed by atoms with Crippen LogP contribution in [0.3, 0.4) is 0 Å². The first-order valence-electron chi connectivity index (χ1n) is 7.92. The molecular weight excluding hydrogens is 304 g/mol. The van der Waals surface area contributed by atoms with Crippen molar-refractivity contribution in [3.63, 3.8) is 0 Å². The minimum absolute atomic E-state index is 0.223. The van der Waals surface area contributed by atoms with E-state index in [1.165, 1.54) is 0 Å². The van der Waals surface area contributed by atoms with Crippen LogP contribution >= 0.6 is 0 Å². The maximum absolute atomic E-state index is 12.1. The van der Waals surface area contributed by atoms with E-state index in [4.69, 9.17) is 4.52 Å². The highest BCUT2D eigenvalue weighted by molar-refractivity contribution is 5.93. The number of benzene rings is 1. The third-order valence-corrected chi connectivity index (χ3v) is 4.01. The predicted octanol–water partition coefficient (Wildman–Crippen LogP) is 2.75. The third kappa shape index (κ3) is 3.53. The molecule has 3 rings (SSSR count). The van der Waals surface area contributed by atoms with Crippen LogP contribution in [0.1, 0.15) is 28.3 Å². The molecule has 0 fully saturated rings. The van der Waals surface area contributed by atoms with Crippen molar-refractivity contribution in [1.29, 1.82) is 0 Å². The fraction of sp³-hybridized carbons (Fsp3) is 0.278. The Morgan fingerprint density at radius 3 is 2.79 bits per heavy atom. The number of nitrogens with zero attached hydrogens (tertiary/aromatic N) is 3. The topological polar surface area (TPSA) is 73.0 Å². The zero-order valence-electron chi connectivity index (χ0n) is 13.8. The van der Waals surface area contributed by atoms with Gasteiger partial charge in [-0.15, -0.1) is 0 Å². The molecule has 1 aromatic carbocycles. The quantitative estimate of drug-likeness (QED) is 0.708. The summed E-state index contributed by atoms with van der Waals surface area (Å²) in [5.41, 5.74) is 3.42. The third-order valence-electron chi connectivity index (χ3n) is 4.01. The van der Waals surface area contributed by atoms with Crippen molar-refractivity contribution in [2.45, 2.75) is 19.8 Å². The Bertz CT molecular complexity index is 821. The fourth-order valence-corrected chi connectivity index (χ4v) is 2.45. The lowest BCUT2D eigenvalue weighted by molar-refractivity contribution is 0.0944. The van der Waals surface area contributed by atoms with E-state index in [9.17, 15) is 4.79 Å². The zero-order chi connectivity index (χ0) is 16.9. The number of rotatable bonds is 6. The Kier molecular flexibility index (Phi) is 4.74. The number of aromatic nitrogens is 3. The minimum atomic E-state index is -0.223. The second kappa shape index (κ2) is 7.12. The van der Waals surface area contributed by atoms with Crippen molar-refractivity contribution < 1.29 is 9.32 Å². The molecule has 6 heteroatoms. The van der Waals surface area contributed by atoms with Gasteiger partial charge in [0.15, 0.2) is 11.5 Å². The Balaban J connectivity index is 1.51. The molecule has 1 amide bonds. The molecule has 0 unspecified atom stereocenters. The predicted molar refractivity (Wildman–Crippen MR) is 90.5 cm³/mol. The van der Waals surface area contributed by atoms with Crippen molar-refractivity contribution >= 4 is 5.91 Å². The number of aryl methyl sites for hydroxylation is 2. The molecule has 2 aromatic heterocycles. The fourth-order valence-electron chi connectivity index (χ4n) is 2.45. The molecule has 124 valence electrons. The van der Waals surface area contributed by atoms with Crippen molar-refractivity contribution in [2.24, 2.45) is 7.05 Å². The van der Waals surface area contributed by atoms with Gasteiger partial charge in [0.2, 0.25) is 0 Å². The van der Waals surface area contributed by atoms with Crippen LogP contribution in [0, 0.1) is 6.92 Å². The first-order valence-corrected chi connectivity index (χ1v) is 7.92. The van der Waals surface area contributed by atoms with E-state index in [0.29, 0.717) is 18.0 Å². The molecule has 0 bridgehead atoms. The summed E-state index contributed by atoms with van der Waals surface area (Å²) in [7, 11) is 1.97. The van der Waals surface area contributed by atoms with Crippen LogP contribution in [0.5, 0.6) is 0 Å². The van der Waals surface area contributed by atoms with Crippen LogP contribution < -0.4 is 5.32 Å². The second-order valence-corrected chi connectivity index (χ2v) is 5.69. The number of hydrogen-bond acceptors (Lipinski definition) is 4. The molecule has 0 atom stereocenters. The molecule has 3 aromatic rings. The van der Waals surface area contributed by atoms with E-state index in [2.05, 4.69) is 15.5 Å². The van der Waals surface area contributed by atoms with Gasteiger partial charge in [0, 0.05) is 30.9 Å². The van der Waals surface area contributed by atoms with Gasteiger partial charge in [-0.1, -0.05) is 35.5 Å². The number of hydrogen-bond donors (Lipinski definition) is 1. The van der Waals surface area contributed by atoms with Gasteiger partial charge in [-0.2, -0.15) is 0 Å². The smallest absolute Gasteiger partial charge is 0.273 e. The minimum Gasteiger partial charge on any atom is -0.355 e. The summed E-state index contributed by atoms with van der Waals surface area (Å²) >= 11 is 0. The number of amides is 1. The first-order chi connectivity index (χ1) is 11.6. The number of nitrogens with one attached hydrogen (secondary N) is 1. The molecule has 6 nitrogen and oxygen atoms in total. The van der Waals surface area contributed by atoms with E-state index in [0.717, 1.165) is 29.8 Å². The largest absolute Gasteiger partial charge is 0.355 e. The van der Waals surface area contributed by atoms with Gasteiger partial charge in [0.1, 0.15) is 0 Å². The van der Waals surface area contributed by atoms with Gasteiger partial charge in [-0.3, -0.25) is 4.79 Å². The van der Waals surface area contributed by atoms with Crippen molar-refractivity contribution in [3.8, 4) is 11.3 Å². The summed E-state index contributed by atoms with van der Waals surface area (Å²) in [5.74, 6) is 0.364. The number of carbonyl (C=O) groups excluding carboxylic acids is 1. The highest BCUT2D eigenvalue weighted by Crippen LogP contribution is 2.19. The molecule has 0 aliphatic carbocycles. The Morgan fingerprint density at radius 2 is 2.08 bits per heavy atom. The van der Waals surface area contributed by atoms with E-state index >= 15 is 0 Å². The van der Waals surface area contributed by atoms with Crippen LogP contribution in [0.25, 0.3) is 11.3 Å². The molecule has 2 heterocycles. The van der Waals surface area contributed by atoms with Gasteiger partial charge < -0.3 is 14.4 Å². The van der Waals surface area contributed by atoms with Gasteiger partial charge in [-0.25, -0.2) is 4.98 Å². The second-order valence-electron chi connectivity index (χ2n) is 5.69. The summed E-state index contributed by atoms with van der Waals surface area (Å²) in [4.78, 5) is 16.5. The summed E-state index contributed by atoms with van der Waals surface area (Å²) in [6.45, 7) is 2.61. The van der Waals surface area contributed by atoms with Crippen molar-refractivity contribution in [2.75, 3.05) is 6.54 Å². The van der Waals surface area contributed by atoms with E-state index < -0.39 is 0 Å². The Labute approximate surface area is 140 Å². The SMILES string of the molecule is Cc1c(CCCNC(=O)c2cc(-c3ccccc3)on2)ncn1C. The molecule has 0 saturated carbocycles. The van der Waals surface area contributed by atoms with Crippen LogP contribution in [-0.2, 0) is 13.5 Å². The number of carbonyl (C=O) groups is 1. The average Bonchev–Trinajstić information content (AvgIpc) is 3.21. The van der Waals surface area contributed by atoms with Crippen LogP contribution in [-0.4, -0.2) is 27.2 Å². The highest BCUT2D eigenvalue weighted by atomic mass is 16.5. The van der Waals surface area contributed by atoms with Crippen molar-refractivity contribution in [3.05, 3.63) is 59.8 Å². The molecule has 1 N–H and O–H groups in total. The lowest BCUT2D eigenvalue weighted by Gasteiger charge is -2.03. The van der Waals surface area contributed by atoms with E-state index in [1.54, 1.807) is 6.07 Å². The summed E-state index contributed by atoms with van der Waals surface area (Å²) in [5, 5.41) is 6.71. The maximum Gasteiger partial charge on any atom is 0.273 e. The van der Waals surface area contributed by atoms with Crippen LogP contribution in [0.15, 0.2) is 47.2 Å².